The SMILES string of the molecule is CC(C)[C@H](NC(=O)c1ccc(Cl)cc1Cl)c1nnc(SCc2ccc(Cl)cc2Cl)n1C. The Morgan fingerprint density at radius 3 is 2.29 bits per heavy atom. The van der Waals surface area contributed by atoms with E-state index in [0.717, 1.165) is 5.56 Å². The molecule has 1 amide bonds. The minimum Gasteiger partial charge on any atom is -0.342 e. The Hall–Kier alpha value is -1.44. The molecule has 164 valence electrons. The van der Waals surface area contributed by atoms with Gasteiger partial charge in [0.15, 0.2) is 11.0 Å². The molecule has 31 heavy (non-hydrogen) atoms. The molecule has 0 radical (unpaired) electrons. The van der Waals surface area contributed by atoms with Gasteiger partial charge in [-0.25, -0.2) is 0 Å². The lowest BCUT2D eigenvalue weighted by Gasteiger charge is -2.22. The number of benzene rings is 2. The van der Waals surface area contributed by atoms with E-state index in [1.165, 1.54) is 11.8 Å². The molecule has 2 aromatic carbocycles. The topological polar surface area (TPSA) is 59.8 Å². The van der Waals surface area contributed by atoms with E-state index in [4.69, 9.17) is 46.4 Å². The summed E-state index contributed by atoms with van der Waals surface area (Å²) in [6, 6.07) is 9.83. The van der Waals surface area contributed by atoms with Crippen molar-refractivity contribution in [2.24, 2.45) is 13.0 Å². The fourth-order valence-electron chi connectivity index (χ4n) is 2.93. The molecule has 1 atom stereocenters. The summed E-state index contributed by atoms with van der Waals surface area (Å²) in [5, 5.41) is 14.3. The molecule has 5 nitrogen and oxygen atoms in total. The maximum Gasteiger partial charge on any atom is 0.253 e. The summed E-state index contributed by atoms with van der Waals surface area (Å²) >= 11 is 25.9. The minimum absolute atomic E-state index is 0.0708. The summed E-state index contributed by atoms with van der Waals surface area (Å²) in [7, 11) is 1.87. The van der Waals surface area contributed by atoms with E-state index in [1.807, 2.05) is 31.5 Å². The summed E-state index contributed by atoms with van der Waals surface area (Å²) in [5.74, 6) is 1.03. The molecule has 3 rings (SSSR count). The van der Waals surface area contributed by atoms with Crippen molar-refractivity contribution in [2.45, 2.75) is 30.8 Å². The second kappa shape index (κ2) is 10.5. The molecular weight excluding hydrogens is 498 g/mol. The molecule has 0 saturated carbocycles. The first-order valence-electron chi connectivity index (χ1n) is 9.39. The largest absolute Gasteiger partial charge is 0.342 e. The molecule has 1 heterocycles. The zero-order valence-corrected chi connectivity index (χ0v) is 20.8. The van der Waals surface area contributed by atoms with Crippen LogP contribution in [0.2, 0.25) is 20.1 Å². The maximum atomic E-state index is 12.8. The molecule has 1 N–H and O–H groups in total. The van der Waals surface area contributed by atoms with Crippen LogP contribution in [0.5, 0.6) is 0 Å². The standard InChI is InChI=1S/C21H20Cl4N4OS/c1-11(2)18(26-20(30)15-7-6-14(23)9-17(15)25)19-27-28-21(29(19)3)31-10-12-4-5-13(22)8-16(12)24/h4-9,11,18H,10H2,1-3H3,(H,26,30)/t18-/m0/s1. The van der Waals surface area contributed by atoms with Crippen LogP contribution in [-0.4, -0.2) is 20.7 Å². The average molecular weight is 518 g/mol. The predicted octanol–water partition coefficient (Wildman–Crippen LogP) is 6.85. The summed E-state index contributed by atoms with van der Waals surface area (Å²) in [4.78, 5) is 12.8. The van der Waals surface area contributed by atoms with Gasteiger partial charge in [-0.2, -0.15) is 0 Å². The molecule has 3 aromatic rings. The fraction of sp³-hybridized carbons (Fsp3) is 0.286. The summed E-state index contributed by atoms with van der Waals surface area (Å²) < 4.78 is 1.88. The highest BCUT2D eigenvalue weighted by atomic mass is 35.5. The van der Waals surface area contributed by atoms with E-state index in [9.17, 15) is 4.79 Å². The van der Waals surface area contributed by atoms with Gasteiger partial charge in [-0.3, -0.25) is 4.79 Å². The Morgan fingerprint density at radius 2 is 1.68 bits per heavy atom. The van der Waals surface area contributed by atoms with Crippen LogP contribution in [0.3, 0.4) is 0 Å². The number of nitrogens with one attached hydrogen (secondary N) is 1. The Bertz CT molecular complexity index is 1100. The number of hydrogen-bond acceptors (Lipinski definition) is 4. The van der Waals surface area contributed by atoms with Crippen molar-refractivity contribution in [1.29, 1.82) is 0 Å². The molecule has 0 bridgehead atoms. The number of aromatic nitrogens is 3. The van der Waals surface area contributed by atoms with Gasteiger partial charge in [0.25, 0.3) is 5.91 Å². The molecule has 0 fully saturated rings. The molecule has 0 aliphatic heterocycles. The first-order valence-corrected chi connectivity index (χ1v) is 11.9. The van der Waals surface area contributed by atoms with Gasteiger partial charge in [-0.15, -0.1) is 10.2 Å². The van der Waals surface area contributed by atoms with Crippen LogP contribution in [-0.2, 0) is 12.8 Å². The molecule has 0 spiro atoms. The van der Waals surface area contributed by atoms with Crippen LogP contribution >= 0.6 is 58.2 Å². The zero-order chi connectivity index (χ0) is 22.7. The summed E-state index contributed by atoms with van der Waals surface area (Å²) in [5.41, 5.74) is 1.30. The molecule has 0 unspecified atom stereocenters. The lowest BCUT2D eigenvalue weighted by molar-refractivity contribution is 0.0922. The second-order valence-corrected chi connectivity index (χ2v) is 9.87. The van der Waals surface area contributed by atoms with Gasteiger partial charge < -0.3 is 9.88 Å². The van der Waals surface area contributed by atoms with E-state index < -0.39 is 0 Å². The number of rotatable bonds is 7. The third-order valence-corrected chi connectivity index (χ3v) is 6.85. The lowest BCUT2D eigenvalue weighted by Crippen LogP contribution is -2.33. The Kier molecular flexibility index (Phi) is 8.16. The van der Waals surface area contributed by atoms with Crippen LogP contribution < -0.4 is 5.32 Å². The zero-order valence-electron chi connectivity index (χ0n) is 17.0. The van der Waals surface area contributed by atoms with Gasteiger partial charge in [0, 0.05) is 27.9 Å². The first kappa shape index (κ1) is 24.2. The highest BCUT2D eigenvalue weighted by Gasteiger charge is 2.26. The number of hydrogen-bond donors (Lipinski definition) is 1. The second-order valence-electron chi connectivity index (χ2n) is 7.24. The van der Waals surface area contributed by atoms with Crippen molar-refractivity contribution in [1.82, 2.24) is 20.1 Å². The van der Waals surface area contributed by atoms with Gasteiger partial charge in [-0.1, -0.05) is 78.1 Å². The van der Waals surface area contributed by atoms with E-state index in [0.29, 0.717) is 42.4 Å². The molecular formula is C21H20Cl4N4OS. The van der Waals surface area contributed by atoms with Crippen LogP contribution in [0.1, 0.15) is 41.6 Å². The van der Waals surface area contributed by atoms with E-state index in [-0.39, 0.29) is 17.9 Å². The molecule has 0 saturated heterocycles. The van der Waals surface area contributed by atoms with Crippen LogP contribution in [0.15, 0.2) is 41.6 Å². The minimum atomic E-state index is -0.356. The number of carbonyl (C=O) groups excluding carboxylic acids is 1. The Labute approximate surface area is 205 Å². The van der Waals surface area contributed by atoms with Crippen molar-refractivity contribution in [3.63, 3.8) is 0 Å². The third kappa shape index (κ3) is 5.88. The summed E-state index contributed by atoms with van der Waals surface area (Å²) in [6.07, 6.45) is 0. The predicted molar refractivity (Wildman–Crippen MR) is 129 cm³/mol. The number of carbonyl (C=O) groups is 1. The van der Waals surface area contributed by atoms with Crippen LogP contribution in [0, 0.1) is 5.92 Å². The fourth-order valence-corrected chi connectivity index (χ4v) is 4.90. The number of amides is 1. The van der Waals surface area contributed by atoms with Crippen molar-refractivity contribution in [2.75, 3.05) is 0 Å². The summed E-state index contributed by atoms with van der Waals surface area (Å²) in [6.45, 7) is 4.01. The maximum absolute atomic E-state index is 12.8. The van der Waals surface area contributed by atoms with Crippen molar-refractivity contribution >= 4 is 64.1 Å². The van der Waals surface area contributed by atoms with Crippen molar-refractivity contribution in [3.8, 4) is 0 Å². The number of halogens is 4. The highest BCUT2D eigenvalue weighted by Crippen LogP contribution is 2.30. The molecule has 1 aromatic heterocycles. The average Bonchev–Trinajstić information content (AvgIpc) is 3.05. The normalized spacial score (nSPS) is 12.3. The van der Waals surface area contributed by atoms with Crippen LogP contribution in [0.25, 0.3) is 0 Å². The third-order valence-electron chi connectivity index (χ3n) is 4.65. The van der Waals surface area contributed by atoms with Crippen molar-refractivity contribution in [3.05, 3.63) is 73.4 Å². The van der Waals surface area contributed by atoms with Crippen molar-refractivity contribution < 1.29 is 4.79 Å². The van der Waals surface area contributed by atoms with Gasteiger partial charge >= 0.3 is 0 Å². The van der Waals surface area contributed by atoms with Gasteiger partial charge in [0.2, 0.25) is 0 Å². The Balaban J connectivity index is 1.77. The molecule has 0 aliphatic rings. The van der Waals surface area contributed by atoms with E-state index in [1.54, 1.807) is 30.3 Å². The highest BCUT2D eigenvalue weighted by molar-refractivity contribution is 7.98. The number of nitrogens with zero attached hydrogens (tertiary/aromatic N) is 3. The van der Waals surface area contributed by atoms with Gasteiger partial charge in [-0.05, 0) is 41.8 Å². The number of thioether (sulfide) groups is 1. The smallest absolute Gasteiger partial charge is 0.253 e. The molecule has 0 aliphatic carbocycles. The van der Waals surface area contributed by atoms with Gasteiger partial charge in [0.1, 0.15) is 0 Å². The first-order chi connectivity index (χ1) is 14.7. The molecule has 10 heteroatoms. The Morgan fingerprint density at radius 1 is 1.03 bits per heavy atom. The lowest BCUT2D eigenvalue weighted by atomic mass is 10.0. The monoisotopic (exact) mass is 516 g/mol. The quantitative estimate of drug-likeness (QED) is 0.348. The van der Waals surface area contributed by atoms with E-state index >= 15 is 0 Å². The van der Waals surface area contributed by atoms with Gasteiger partial charge in [0.05, 0.1) is 16.6 Å². The van der Waals surface area contributed by atoms with E-state index in [2.05, 4.69) is 15.5 Å². The van der Waals surface area contributed by atoms with Crippen LogP contribution in [0.4, 0.5) is 0 Å².